The van der Waals surface area contributed by atoms with Crippen LogP contribution in [0.1, 0.15) is 19.8 Å². The zero-order chi connectivity index (χ0) is 18.6. The maximum Gasteiger partial charge on any atom is 0.248 e. The van der Waals surface area contributed by atoms with Crippen molar-refractivity contribution in [2.45, 2.75) is 31.2 Å². The highest BCUT2D eigenvalue weighted by Crippen LogP contribution is 2.16. The normalized spacial score (nSPS) is 12.6. The molecule has 0 bridgehead atoms. The van der Waals surface area contributed by atoms with Crippen molar-refractivity contribution in [1.29, 1.82) is 0 Å². The molecule has 1 amide bonds. The second kappa shape index (κ2) is 7.97. The van der Waals surface area contributed by atoms with Crippen LogP contribution >= 0.6 is 11.3 Å². The Morgan fingerprint density at radius 1 is 1.08 bits per heavy atom. The van der Waals surface area contributed by atoms with Gasteiger partial charge in [0, 0.05) is 13.0 Å². The number of hydrogen-bond acceptors (Lipinski definition) is 4. The lowest BCUT2D eigenvalue weighted by molar-refractivity contribution is -0.118. The van der Waals surface area contributed by atoms with Gasteiger partial charge in [-0.1, -0.05) is 41.7 Å². The SMILES string of the molecule is CCn1c(=NC(=O)CCCS(=O)(=O)c2ccccc2)sc2ccccc21. The summed E-state index contributed by atoms with van der Waals surface area (Å²) in [4.78, 5) is 17.4. The summed E-state index contributed by atoms with van der Waals surface area (Å²) >= 11 is 1.47. The summed E-state index contributed by atoms with van der Waals surface area (Å²) in [6.07, 6.45) is 0.376. The van der Waals surface area contributed by atoms with Crippen LogP contribution in [0.25, 0.3) is 10.2 Å². The van der Waals surface area contributed by atoms with E-state index < -0.39 is 9.84 Å². The molecule has 0 unspecified atom stereocenters. The number of para-hydroxylation sites is 1. The fourth-order valence-corrected chi connectivity index (χ4v) is 5.18. The Kier molecular flexibility index (Phi) is 5.68. The van der Waals surface area contributed by atoms with E-state index in [1.807, 2.05) is 35.8 Å². The molecule has 5 nitrogen and oxygen atoms in total. The molecule has 0 aliphatic heterocycles. The Hall–Kier alpha value is -2.25. The second-order valence-corrected chi connectivity index (χ2v) is 8.96. The van der Waals surface area contributed by atoms with Gasteiger partial charge >= 0.3 is 0 Å². The van der Waals surface area contributed by atoms with Crippen molar-refractivity contribution >= 4 is 37.3 Å². The molecule has 0 N–H and O–H groups in total. The average molecular weight is 389 g/mol. The first-order valence-corrected chi connectivity index (χ1v) is 10.9. The summed E-state index contributed by atoms with van der Waals surface area (Å²) < 4.78 is 27.6. The minimum Gasteiger partial charge on any atom is -0.317 e. The molecule has 7 heteroatoms. The number of aromatic nitrogens is 1. The van der Waals surface area contributed by atoms with E-state index >= 15 is 0 Å². The third kappa shape index (κ3) is 4.11. The highest BCUT2D eigenvalue weighted by atomic mass is 32.2. The van der Waals surface area contributed by atoms with Gasteiger partial charge in [-0.3, -0.25) is 4.79 Å². The first-order chi connectivity index (χ1) is 12.5. The molecular formula is C19H20N2O3S2. The van der Waals surface area contributed by atoms with Gasteiger partial charge in [0.2, 0.25) is 5.91 Å². The topological polar surface area (TPSA) is 68.5 Å². The van der Waals surface area contributed by atoms with E-state index in [1.54, 1.807) is 30.3 Å². The monoisotopic (exact) mass is 388 g/mol. The zero-order valence-electron chi connectivity index (χ0n) is 14.5. The number of carbonyl (C=O) groups is 1. The molecule has 136 valence electrons. The number of fused-ring (bicyclic) bond motifs is 1. The van der Waals surface area contributed by atoms with Gasteiger partial charge < -0.3 is 4.57 Å². The summed E-state index contributed by atoms with van der Waals surface area (Å²) in [6.45, 7) is 2.73. The molecular weight excluding hydrogens is 368 g/mol. The number of benzene rings is 2. The van der Waals surface area contributed by atoms with Crippen molar-refractivity contribution in [3.05, 3.63) is 59.4 Å². The number of amides is 1. The lowest BCUT2D eigenvalue weighted by Gasteiger charge is -2.03. The summed E-state index contributed by atoms with van der Waals surface area (Å²) in [5.41, 5.74) is 1.05. The Labute approximate surface area is 156 Å². The number of sulfone groups is 1. The molecule has 0 radical (unpaired) electrons. The van der Waals surface area contributed by atoms with Gasteiger partial charge in [0.05, 0.1) is 20.9 Å². The molecule has 0 spiro atoms. The van der Waals surface area contributed by atoms with Gasteiger partial charge in [-0.2, -0.15) is 4.99 Å². The van der Waals surface area contributed by atoms with E-state index in [-0.39, 0.29) is 29.4 Å². The molecule has 2 aromatic carbocycles. The molecule has 1 heterocycles. The minimum atomic E-state index is -3.36. The lowest BCUT2D eigenvalue weighted by Crippen LogP contribution is -2.16. The van der Waals surface area contributed by atoms with Gasteiger partial charge in [0.25, 0.3) is 0 Å². The van der Waals surface area contributed by atoms with E-state index in [9.17, 15) is 13.2 Å². The molecule has 0 aliphatic carbocycles. The van der Waals surface area contributed by atoms with Crippen LogP contribution < -0.4 is 4.80 Å². The number of nitrogens with zero attached hydrogens (tertiary/aromatic N) is 2. The summed E-state index contributed by atoms with van der Waals surface area (Å²) in [5, 5.41) is 0. The van der Waals surface area contributed by atoms with Crippen LogP contribution in [0.4, 0.5) is 0 Å². The Morgan fingerprint density at radius 2 is 1.77 bits per heavy atom. The van der Waals surface area contributed by atoms with E-state index in [0.717, 1.165) is 16.8 Å². The standard InChI is InChI=1S/C19H20N2O3S2/c1-2-21-16-11-6-7-12-17(16)25-19(21)20-18(22)13-8-14-26(23,24)15-9-4-3-5-10-15/h3-7,9-12H,2,8,13-14H2,1H3. The predicted molar refractivity (Wildman–Crippen MR) is 104 cm³/mol. The summed E-state index contributed by atoms with van der Waals surface area (Å²) in [6, 6.07) is 16.2. The highest BCUT2D eigenvalue weighted by Gasteiger charge is 2.14. The molecule has 1 aromatic heterocycles. The van der Waals surface area contributed by atoms with Gasteiger partial charge in [0.15, 0.2) is 14.6 Å². The van der Waals surface area contributed by atoms with Crippen LogP contribution in [-0.4, -0.2) is 24.6 Å². The van der Waals surface area contributed by atoms with Crippen LogP contribution in [0.5, 0.6) is 0 Å². The molecule has 0 saturated carbocycles. The maximum absolute atomic E-state index is 12.2. The zero-order valence-corrected chi connectivity index (χ0v) is 16.1. The van der Waals surface area contributed by atoms with Crippen molar-refractivity contribution < 1.29 is 13.2 Å². The number of hydrogen-bond donors (Lipinski definition) is 0. The first-order valence-electron chi connectivity index (χ1n) is 8.45. The molecule has 3 rings (SSSR count). The smallest absolute Gasteiger partial charge is 0.248 e. The Morgan fingerprint density at radius 3 is 2.50 bits per heavy atom. The van der Waals surface area contributed by atoms with Crippen LogP contribution in [0.3, 0.4) is 0 Å². The van der Waals surface area contributed by atoms with Crippen LogP contribution in [0, 0.1) is 0 Å². The van der Waals surface area contributed by atoms with Gasteiger partial charge in [0.1, 0.15) is 0 Å². The third-order valence-corrected chi connectivity index (χ3v) is 6.91. The molecule has 0 atom stereocenters. The number of rotatable bonds is 6. The minimum absolute atomic E-state index is 0.0571. The molecule has 0 saturated heterocycles. The average Bonchev–Trinajstić information content (AvgIpc) is 2.99. The fraction of sp³-hybridized carbons (Fsp3) is 0.263. The molecule has 0 fully saturated rings. The molecule has 26 heavy (non-hydrogen) atoms. The highest BCUT2D eigenvalue weighted by molar-refractivity contribution is 7.91. The van der Waals surface area contributed by atoms with E-state index in [1.165, 1.54) is 11.3 Å². The molecule has 3 aromatic rings. The van der Waals surface area contributed by atoms with Crippen molar-refractivity contribution in [1.82, 2.24) is 4.57 Å². The van der Waals surface area contributed by atoms with Gasteiger partial charge in [-0.25, -0.2) is 8.42 Å². The Bertz CT molecular complexity index is 1080. The van der Waals surface area contributed by atoms with Crippen LogP contribution in [0.15, 0.2) is 64.5 Å². The van der Waals surface area contributed by atoms with Crippen molar-refractivity contribution in [2.24, 2.45) is 4.99 Å². The summed E-state index contributed by atoms with van der Waals surface area (Å²) in [5.74, 6) is -0.347. The summed E-state index contributed by atoms with van der Waals surface area (Å²) in [7, 11) is -3.36. The number of carbonyl (C=O) groups excluding carboxylic acids is 1. The third-order valence-electron chi connectivity index (χ3n) is 4.03. The maximum atomic E-state index is 12.2. The Balaban J connectivity index is 1.71. The number of aryl methyl sites for hydroxylation is 1. The van der Waals surface area contributed by atoms with Crippen molar-refractivity contribution in [3.8, 4) is 0 Å². The van der Waals surface area contributed by atoms with Gasteiger partial charge in [-0.05, 0) is 37.6 Å². The van der Waals surface area contributed by atoms with Gasteiger partial charge in [-0.15, -0.1) is 0 Å². The lowest BCUT2D eigenvalue weighted by atomic mass is 10.3. The number of thiazole rings is 1. The van der Waals surface area contributed by atoms with E-state index in [2.05, 4.69) is 4.99 Å². The van der Waals surface area contributed by atoms with Crippen molar-refractivity contribution in [3.63, 3.8) is 0 Å². The predicted octanol–water partition coefficient (Wildman–Crippen LogP) is 3.40. The fourth-order valence-electron chi connectivity index (χ4n) is 2.73. The van der Waals surface area contributed by atoms with Crippen LogP contribution in [-0.2, 0) is 21.2 Å². The van der Waals surface area contributed by atoms with Crippen LogP contribution in [0.2, 0.25) is 0 Å². The molecule has 0 aliphatic rings. The first kappa shape index (κ1) is 18.5. The van der Waals surface area contributed by atoms with Crippen molar-refractivity contribution in [2.75, 3.05) is 5.75 Å². The second-order valence-electron chi connectivity index (χ2n) is 5.84. The van der Waals surface area contributed by atoms with E-state index in [4.69, 9.17) is 0 Å². The largest absolute Gasteiger partial charge is 0.317 e. The van der Waals surface area contributed by atoms with E-state index in [0.29, 0.717) is 4.80 Å². The quantitative estimate of drug-likeness (QED) is 0.650.